The number of carbonyl (C=O) groups excluding carboxylic acids is 1. The van der Waals surface area contributed by atoms with E-state index in [0.717, 1.165) is 18.9 Å². The Morgan fingerprint density at radius 2 is 1.95 bits per heavy atom. The number of halogens is 3. The van der Waals surface area contributed by atoms with Gasteiger partial charge in [-0.2, -0.15) is 13.2 Å². The van der Waals surface area contributed by atoms with Gasteiger partial charge in [-0.3, -0.25) is 10.1 Å². The van der Waals surface area contributed by atoms with Crippen LogP contribution in [0.4, 0.5) is 13.2 Å². The molecule has 1 N–H and O–H groups in total. The third-order valence-electron chi connectivity index (χ3n) is 3.79. The zero-order valence-electron chi connectivity index (χ0n) is 10.8. The van der Waals surface area contributed by atoms with Crippen molar-refractivity contribution in [2.75, 3.05) is 13.1 Å². The molecule has 3 nitrogen and oxygen atoms in total. The summed E-state index contributed by atoms with van der Waals surface area (Å²) in [5, 5.41) is 2.89. The van der Waals surface area contributed by atoms with Crippen LogP contribution in [0.1, 0.15) is 30.1 Å². The highest BCUT2D eigenvalue weighted by molar-refractivity contribution is 5.81. The third kappa shape index (κ3) is 2.52. The Labute approximate surface area is 114 Å². The molecule has 3 rings (SSSR count). The predicted molar refractivity (Wildman–Crippen MR) is 66.6 cm³/mol. The first kappa shape index (κ1) is 13.4. The normalized spacial score (nSPS) is 23.4. The lowest BCUT2D eigenvalue weighted by Crippen LogP contribution is -2.33. The van der Waals surface area contributed by atoms with Crippen molar-refractivity contribution >= 4 is 5.91 Å². The maximum atomic E-state index is 13.1. The van der Waals surface area contributed by atoms with Gasteiger partial charge in [0.15, 0.2) is 0 Å². The molecule has 0 aromatic heterocycles. The standard InChI is InChI=1S/C14H15F3N2O/c15-14(16,17)11-4-2-1-3-10(11)13-18-7-12(20)19(13)8-9-5-6-9/h1-4,9,13,18H,5-8H2. The van der Waals surface area contributed by atoms with Crippen LogP contribution in [0.25, 0.3) is 0 Å². The number of nitrogens with zero attached hydrogens (tertiary/aromatic N) is 1. The van der Waals surface area contributed by atoms with Crippen LogP contribution in [-0.2, 0) is 11.0 Å². The molecule has 0 bridgehead atoms. The van der Waals surface area contributed by atoms with Crippen LogP contribution in [-0.4, -0.2) is 23.9 Å². The minimum Gasteiger partial charge on any atom is -0.322 e. The van der Waals surface area contributed by atoms with E-state index in [9.17, 15) is 18.0 Å². The Morgan fingerprint density at radius 1 is 1.25 bits per heavy atom. The van der Waals surface area contributed by atoms with Crippen molar-refractivity contribution in [3.63, 3.8) is 0 Å². The summed E-state index contributed by atoms with van der Waals surface area (Å²) in [6.45, 7) is 0.645. The van der Waals surface area contributed by atoms with E-state index < -0.39 is 17.9 Å². The quantitative estimate of drug-likeness (QED) is 0.925. The fourth-order valence-electron chi connectivity index (χ4n) is 2.60. The highest BCUT2D eigenvalue weighted by atomic mass is 19.4. The summed E-state index contributed by atoms with van der Waals surface area (Å²) < 4.78 is 39.2. The molecule has 1 saturated carbocycles. The van der Waals surface area contributed by atoms with Gasteiger partial charge < -0.3 is 4.90 Å². The molecule has 1 heterocycles. The second-order valence-corrected chi connectivity index (χ2v) is 5.36. The van der Waals surface area contributed by atoms with Crippen molar-refractivity contribution in [1.29, 1.82) is 0 Å². The van der Waals surface area contributed by atoms with E-state index in [1.807, 2.05) is 0 Å². The van der Waals surface area contributed by atoms with Gasteiger partial charge in [0, 0.05) is 12.1 Å². The number of alkyl halides is 3. The maximum Gasteiger partial charge on any atom is 0.416 e. The van der Waals surface area contributed by atoms with E-state index in [0.29, 0.717) is 12.5 Å². The Balaban J connectivity index is 1.93. The minimum absolute atomic E-state index is 0.101. The number of amides is 1. The average molecular weight is 284 g/mol. The number of rotatable bonds is 3. The van der Waals surface area contributed by atoms with E-state index in [-0.39, 0.29) is 18.0 Å². The molecule has 0 spiro atoms. The van der Waals surface area contributed by atoms with Gasteiger partial charge >= 0.3 is 6.18 Å². The Kier molecular flexibility index (Phi) is 3.20. The number of benzene rings is 1. The van der Waals surface area contributed by atoms with Crippen LogP contribution in [0.15, 0.2) is 24.3 Å². The van der Waals surface area contributed by atoms with Crippen molar-refractivity contribution in [2.45, 2.75) is 25.2 Å². The molecule has 1 aliphatic heterocycles. The first-order valence-electron chi connectivity index (χ1n) is 6.66. The highest BCUT2D eigenvalue weighted by Gasteiger charge is 2.41. The zero-order chi connectivity index (χ0) is 14.3. The van der Waals surface area contributed by atoms with Gasteiger partial charge in [-0.25, -0.2) is 0 Å². The SMILES string of the molecule is O=C1CNC(c2ccccc2C(F)(F)F)N1CC1CC1. The third-order valence-corrected chi connectivity index (χ3v) is 3.79. The number of nitrogens with one attached hydrogen (secondary N) is 1. The molecule has 1 saturated heterocycles. The van der Waals surface area contributed by atoms with Crippen molar-refractivity contribution in [2.24, 2.45) is 5.92 Å². The lowest BCUT2D eigenvalue weighted by atomic mass is 10.0. The van der Waals surface area contributed by atoms with Gasteiger partial charge in [0.25, 0.3) is 0 Å². The topological polar surface area (TPSA) is 32.3 Å². The van der Waals surface area contributed by atoms with Crippen LogP contribution in [0.3, 0.4) is 0 Å². The molecule has 20 heavy (non-hydrogen) atoms. The fourth-order valence-corrected chi connectivity index (χ4v) is 2.60. The number of hydrogen-bond donors (Lipinski definition) is 1. The number of carbonyl (C=O) groups is 1. The summed E-state index contributed by atoms with van der Waals surface area (Å²) in [5.41, 5.74) is -0.542. The van der Waals surface area contributed by atoms with Crippen LogP contribution in [0, 0.1) is 5.92 Å². The maximum absolute atomic E-state index is 13.1. The van der Waals surface area contributed by atoms with Gasteiger partial charge in [-0.15, -0.1) is 0 Å². The van der Waals surface area contributed by atoms with Gasteiger partial charge in [-0.1, -0.05) is 18.2 Å². The Hall–Kier alpha value is -1.56. The highest BCUT2D eigenvalue weighted by Crippen LogP contribution is 2.38. The zero-order valence-corrected chi connectivity index (χ0v) is 10.8. The van der Waals surface area contributed by atoms with E-state index in [1.165, 1.54) is 12.1 Å². The Morgan fingerprint density at radius 3 is 2.60 bits per heavy atom. The summed E-state index contributed by atoms with van der Waals surface area (Å²) in [5.74, 6) is 0.318. The second-order valence-electron chi connectivity index (χ2n) is 5.36. The van der Waals surface area contributed by atoms with Crippen molar-refractivity contribution in [1.82, 2.24) is 10.2 Å². The molecule has 2 aliphatic rings. The monoisotopic (exact) mass is 284 g/mol. The van der Waals surface area contributed by atoms with Crippen molar-refractivity contribution in [3.8, 4) is 0 Å². The van der Waals surface area contributed by atoms with E-state index >= 15 is 0 Å². The van der Waals surface area contributed by atoms with Gasteiger partial charge in [0.05, 0.1) is 12.1 Å². The smallest absolute Gasteiger partial charge is 0.322 e. The summed E-state index contributed by atoms with van der Waals surface area (Å²) >= 11 is 0. The largest absolute Gasteiger partial charge is 0.416 e. The molecule has 1 amide bonds. The van der Waals surface area contributed by atoms with Crippen LogP contribution >= 0.6 is 0 Å². The number of hydrogen-bond acceptors (Lipinski definition) is 2. The summed E-state index contributed by atoms with van der Waals surface area (Å²) in [6, 6.07) is 5.45. The van der Waals surface area contributed by atoms with Crippen LogP contribution < -0.4 is 5.32 Å². The Bertz CT molecular complexity index is 525. The van der Waals surface area contributed by atoms with Crippen molar-refractivity contribution in [3.05, 3.63) is 35.4 Å². The van der Waals surface area contributed by atoms with Crippen LogP contribution in [0.5, 0.6) is 0 Å². The van der Waals surface area contributed by atoms with E-state index in [1.54, 1.807) is 11.0 Å². The average Bonchev–Trinajstić information content (AvgIpc) is 3.14. The summed E-state index contributed by atoms with van der Waals surface area (Å²) in [4.78, 5) is 13.4. The lowest BCUT2D eigenvalue weighted by molar-refractivity contribution is -0.139. The molecule has 1 aliphatic carbocycles. The summed E-state index contributed by atoms with van der Waals surface area (Å²) in [6.07, 6.45) is -2.97. The molecule has 2 fully saturated rings. The van der Waals surface area contributed by atoms with Gasteiger partial charge in [0.2, 0.25) is 5.91 Å². The summed E-state index contributed by atoms with van der Waals surface area (Å²) in [7, 11) is 0. The molecule has 6 heteroatoms. The van der Waals surface area contributed by atoms with Gasteiger partial charge in [-0.05, 0) is 24.8 Å². The predicted octanol–water partition coefficient (Wildman–Crippen LogP) is 2.55. The first-order valence-corrected chi connectivity index (χ1v) is 6.66. The molecular formula is C14H15F3N2O. The van der Waals surface area contributed by atoms with Crippen molar-refractivity contribution < 1.29 is 18.0 Å². The first-order chi connectivity index (χ1) is 9.47. The van der Waals surface area contributed by atoms with Crippen LogP contribution in [0.2, 0.25) is 0 Å². The molecule has 1 atom stereocenters. The molecule has 108 valence electrons. The fraction of sp³-hybridized carbons (Fsp3) is 0.500. The van der Waals surface area contributed by atoms with E-state index in [2.05, 4.69) is 5.32 Å². The molecule has 1 unspecified atom stereocenters. The molecule has 1 aromatic carbocycles. The molecule has 0 radical (unpaired) electrons. The second kappa shape index (κ2) is 4.77. The lowest BCUT2D eigenvalue weighted by Gasteiger charge is -2.27. The molecular weight excluding hydrogens is 269 g/mol. The van der Waals surface area contributed by atoms with E-state index in [4.69, 9.17) is 0 Å². The van der Waals surface area contributed by atoms with Gasteiger partial charge in [0.1, 0.15) is 6.17 Å². The minimum atomic E-state index is -4.41. The molecule has 1 aromatic rings.